The van der Waals surface area contributed by atoms with E-state index in [1.807, 2.05) is 17.9 Å². The molecule has 0 aromatic heterocycles. The lowest BCUT2D eigenvalue weighted by Gasteiger charge is -2.51. The molecule has 2 nitrogen and oxygen atoms in total. The highest BCUT2D eigenvalue weighted by Gasteiger charge is 2.47. The summed E-state index contributed by atoms with van der Waals surface area (Å²) in [5.74, 6) is -0.440. The normalized spacial score (nSPS) is 20.2. The van der Waals surface area contributed by atoms with Crippen molar-refractivity contribution in [2.75, 3.05) is 4.90 Å². The average Bonchev–Trinajstić information content (AvgIpc) is 2.68. The minimum absolute atomic E-state index is 0.100. The third-order valence-electron chi connectivity index (χ3n) is 6.09. The number of nitrogens with zero attached hydrogens (tertiary/aromatic N) is 1. The number of carbonyl (C=O) groups is 1. The fourth-order valence-corrected chi connectivity index (χ4v) is 4.83. The Hall–Kier alpha value is -2.94. The highest BCUT2D eigenvalue weighted by Crippen LogP contribution is 2.51. The Morgan fingerprint density at radius 2 is 1.59 bits per heavy atom. The quantitative estimate of drug-likeness (QED) is 0.507. The van der Waals surface area contributed by atoms with Gasteiger partial charge in [-0.15, -0.1) is 0 Å². The van der Waals surface area contributed by atoms with E-state index in [4.69, 9.17) is 0 Å². The van der Waals surface area contributed by atoms with Gasteiger partial charge in [-0.05, 0) is 74.2 Å². The standard InChI is InChI=1S/C26H26FNO/c1-18-10-15-22-23(16-18)28(24(29)19-11-13-21(27)14-12-19)25(2,3)17-26(22,4)20-8-6-5-7-9-20/h5-16H,17H2,1-4H3. The van der Waals surface area contributed by atoms with E-state index in [-0.39, 0.29) is 17.1 Å². The van der Waals surface area contributed by atoms with Crippen LogP contribution < -0.4 is 4.90 Å². The molecular weight excluding hydrogens is 361 g/mol. The molecule has 1 heterocycles. The molecule has 0 saturated carbocycles. The lowest BCUT2D eigenvalue weighted by Crippen LogP contribution is -2.55. The van der Waals surface area contributed by atoms with Crippen molar-refractivity contribution in [2.45, 2.75) is 45.1 Å². The van der Waals surface area contributed by atoms with Gasteiger partial charge in [0.1, 0.15) is 5.82 Å². The predicted octanol–water partition coefficient (Wildman–Crippen LogP) is 6.27. The van der Waals surface area contributed by atoms with E-state index in [9.17, 15) is 9.18 Å². The molecule has 1 aliphatic rings. The van der Waals surface area contributed by atoms with Gasteiger partial charge in [0.2, 0.25) is 0 Å². The Balaban J connectivity index is 1.91. The second-order valence-corrected chi connectivity index (χ2v) is 8.86. The number of aryl methyl sites for hydroxylation is 1. The molecule has 1 aliphatic heterocycles. The molecule has 3 aromatic rings. The smallest absolute Gasteiger partial charge is 0.258 e. The molecule has 0 saturated heterocycles. The summed E-state index contributed by atoms with van der Waals surface area (Å²) in [4.78, 5) is 15.4. The summed E-state index contributed by atoms with van der Waals surface area (Å²) in [5.41, 5.74) is 4.28. The van der Waals surface area contributed by atoms with E-state index in [0.717, 1.165) is 23.2 Å². The molecule has 1 unspecified atom stereocenters. The monoisotopic (exact) mass is 387 g/mol. The van der Waals surface area contributed by atoms with Gasteiger partial charge in [0.25, 0.3) is 5.91 Å². The zero-order valence-corrected chi connectivity index (χ0v) is 17.4. The van der Waals surface area contributed by atoms with E-state index in [1.165, 1.54) is 17.7 Å². The molecule has 3 aromatic carbocycles. The van der Waals surface area contributed by atoms with Gasteiger partial charge < -0.3 is 4.90 Å². The van der Waals surface area contributed by atoms with E-state index in [2.05, 4.69) is 63.2 Å². The zero-order valence-electron chi connectivity index (χ0n) is 17.4. The zero-order chi connectivity index (χ0) is 20.8. The molecule has 1 atom stereocenters. The maximum absolute atomic E-state index is 13.6. The lowest BCUT2D eigenvalue weighted by molar-refractivity contribution is 0.0948. The SMILES string of the molecule is Cc1ccc2c(c1)N(C(=O)c1ccc(F)cc1)C(C)(C)CC2(C)c1ccccc1. The van der Waals surface area contributed by atoms with E-state index in [0.29, 0.717) is 5.56 Å². The summed E-state index contributed by atoms with van der Waals surface area (Å²) < 4.78 is 13.4. The number of carbonyl (C=O) groups excluding carboxylic acids is 1. The fourth-order valence-electron chi connectivity index (χ4n) is 4.83. The van der Waals surface area contributed by atoms with Gasteiger partial charge in [-0.2, -0.15) is 0 Å². The number of hydrogen-bond acceptors (Lipinski definition) is 1. The van der Waals surface area contributed by atoms with Crippen LogP contribution in [0.3, 0.4) is 0 Å². The van der Waals surface area contributed by atoms with Crippen LogP contribution >= 0.6 is 0 Å². The van der Waals surface area contributed by atoms with Gasteiger partial charge in [-0.25, -0.2) is 4.39 Å². The van der Waals surface area contributed by atoms with Crippen LogP contribution in [0, 0.1) is 12.7 Å². The molecule has 0 fully saturated rings. The number of hydrogen-bond donors (Lipinski definition) is 0. The van der Waals surface area contributed by atoms with E-state index in [1.54, 1.807) is 12.1 Å². The lowest BCUT2D eigenvalue weighted by atomic mass is 9.65. The van der Waals surface area contributed by atoms with Crippen LogP contribution in [-0.2, 0) is 5.41 Å². The number of fused-ring (bicyclic) bond motifs is 1. The summed E-state index contributed by atoms with van der Waals surface area (Å²) in [7, 11) is 0. The number of amides is 1. The summed E-state index contributed by atoms with van der Waals surface area (Å²) >= 11 is 0. The molecule has 4 rings (SSSR count). The molecule has 148 valence electrons. The minimum atomic E-state index is -0.420. The second-order valence-electron chi connectivity index (χ2n) is 8.86. The van der Waals surface area contributed by atoms with Crippen LogP contribution in [0.1, 0.15) is 54.2 Å². The molecule has 0 radical (unpaired) electrons. The van der Waals surface area contributed by atoms with E-state index < -0.39 is 5.54 Å². The van der Waals surface area contributed by atoms with Crippen LogP contribution in [0.4, 0.5) is 10.1 Å². The van der Waals surface area contributed by atoms with Crippen molar-refractivity contribution < 1.29 is 9.18 Å². The number of benzene rings is 3. The first-order valence-corrected chi connectivity index (χ1v) is 9.99. The van der Waals surface area contributed by atoms with Gasteiger partial charge in [-0.3, -0.25) is 4.79 Å². The van der Waals surface area contributed by atoms with E-state index >= 15 is 0 Å². The first kappa shape index (κ1) is 19.4. The van der Waals surface area contributed by atoms with Crippen molar-refractivity contribution in [1.29, 1.82) is 0 Å². The van der Waals surface area contributed by atoms with Crippen LogP contribution in [-0.4, -0.2) is 11.4 Å². The highest BCUT2D eigenvalue weighted by atomic mass is 19.1. The van der Waals surface area contributed by atoms with Gasteiger partial charge in [0.05, 0.1) is 0 Å². The molecule has 1 amide bonds. The molecule has 29 heavy (non-hydrogen) atoms. The van der Waals surface area contributed by atoms with Crippen molar-refractivity contribution in [3.05, 3.63) is 101 Å². The van der Waals surface area contributed by atoms with Crippen molar-refractivity contribution in [2.24, 2.45) is 0 Å². The third kappa shape index (κ3) is 3.25. The van der Waals surface area contributed by atoms with Crippen LogP contribution in [0.5, 0.6) is 0 Å². The van der Waals surface area contributed by atoms with Gasteiger partial charge in [-0.1, -0.05) is 49.4 Å². The molecule has 0 N–H and O–H groups in total. The Labute approximate surface area is 172 Å². The van der Waals surface area contributed by atoms with Crippen molar-refractivity contribution in [3.8, 4) is 0 Å². The molecular formula is C26H26FNO. The third-order valence-corrected chi connectivity index (χ3v) is 6.09. The summed E-state index contributed by atoms with van der Waals surface area (Å²) in [6, 6.07) is 22.7. The van der Waals surface area contributed by atoms with Gasteiger partial charge in [0.15, 0.2) is 0 Å². The number of rotatable bonds is 2. The van der Waals surface area contributed by atoms with Gasteiger partial charge in [0, 0.05) is 22.2 Å². The van der Waals surface area contributed by atoms with Crippen molar-refractivity contribution >= 4 is 11.6 Å². The van der Waals surface area contributed by atoms with Crippen LogP contribution in [0.25, 0.3) is 0 Å². The molecule has 0 spiro atoms. The summed E-state index contributed by atoms with van der Waals surface area (Å²) in [6.07, 6.45) is 0.785. The highest BCUT2D eigenvalue weighted by molar-refractivity contribution is 6.08. The minimum Gasteiger partial charge on any atom is -0.302 e. The second kappa shape index (κ2) is 6.84. The maximum atomic E-state index is 13.6. The number of anilines is 1. The van der Waals surface area contributed by atoms with Gasteiger partial charge >= 0.3 is 0 Å². The Morgan fingerprint density at radius 1 is 0.931 bits per heavy atom. The first-order chi connectivity index (χ1) is 13.7. The van der Waals surface area contributed by atoms with Crippen LogP contribution in [0.15, 0.2) is 72.8 Å². The van der Waals surface area contributed by atoms with Crippen molar-refractivity contribution in [3.63, 3.8) is 0 Å². The largest absolute Gasteiger partial charge is 0.302 e. The number of halogens is 1. The van der Waals surface area contributed by atoms with Crippen LogP contribution in [0.2, 0.25) is 0 Å². The fraction of sp³-hybridized carbons (Fsp3) is 0.269. The van der Waals surface area contributed by atoms with Crippen molar-refractivity contribution in [1.82, 2.24) is 0 Å². The summed E-state index contributed by atoms with van der Waals surface area (Å²) in [5, 5.41) is 0. The Bertz CT molecular complexity index is 1060. The molecule has 0 bridgehead atoms. The topological polar surface area (TPSA) is 20.3 Å². The molecule has 0 aliphatic carbocycles. The Kier molecular flexibility index (Phi) is 4.57. The average molecular weight is 387 g/mol. The first-order valence-electron chi connectivity index (χ1n) is 9.99. The maximum Gasteiger partial charge on any atom is 0.258 e. The molecule has 3 heteroatoms. The predicted molar refractivity (Wildman–Crippen MR) is 116 cm³/mol. The summed E-state index contributed by atoms with van der Waals surface area (Å²) in [6.45, 7) is 8.53. The Morgan fingerprint density at radius 3 is 2.24 bits per heavy atom.